The summed E-state index contributed by atoms with van der Waals surface area (Å²) in [5.74, 6) is -0.366. The van der Waals surface area contributed by atoms with Crippen LogP contribution in [0.1, 0.15) is 46.7 Å². The lowest BCUT2D eigenvalue weighted by Crippen LogP contribution is -2.32. The fourth-order valence-corrected chi connectivity index (χ4v) is 5.50. The summed E-state index contributed by atoms with van der Waals surface area (Å²) in [5.41, 5.74) is 6.55. The third-order valence-electron chi connectivity index (χ3n) is 6.97. The van der Waals surface area contributed by atoms with E-state index in [1.54, 1.807) is 12.3 Å². The molecule has 1 amide bonds. The molecule has 194 valence electrons. The molecule has 4 aromatic rings. The molecule has 1 aliphatic heterocycles. The van der Waals surface area contributed by atoms with Crippen LogP contribution in [0.15, 0.2) is 79.0 Å². The van der Waals surface area contributed by atoms with E-state index in [1.165, 1.54) is 12.1 Å². The lowest BCUT2D eigenvalue weighted by atomic mass is 9.96. The van der Waals surface area contributed by atoms with E-state index in [-0.39, 0.29) is 30.2 Å². The van der Waals surface area contributed by atoms with Crippen molar-refractivity contribution < 1.29 is 9.18 Å². The van der Waals surface area contributed by atoms with E-state index in [0.717, 1.165) is 39.6 Å². The molecule has 3 heterocycles. The summed E-state index contributed by atoms with van der Waals surface area (Å²) in [4.78, 5) is 19.5. The van der Waals surface area contributed by atoms with Crippen LogP contribution in [-0.4, -0.2) is 32.0 Å². The lowest BCUT2D eigenvalue weighted by Gasteiger charge is -2.28. The second-order valence-electron chi connectivity index (χ2n) is 9.63. The third-order valence-corrected chi connectivity index (χ3v) is 7.32. The largest absolute Gasteiger partial charge is 0.352 e. The van der Waals surface area contributed by atoms with E-state index in [9.17, 15) is 9.18 Å². The van der Waals surface area contributed by atoms with Gasteiger partial charge in [-0.15, -0.1) is 0 Å². The number of carbonyl (C=O) groups is 1. The Labute approximate surface area is 227 Å². The van der Waals surface area contributed by atoms with Gasteiger partial charge in [0.15, 0.2) is 5.11 Å². The SMILES string of the molecule is Cc1ccc(NC(=O)CCN2C(=S)N[C@@H](c3ccccn3)[C@H]2c2cc(C)n(-c3cccc(F)c3)c2C)cc1. The number of hydrogen-bond donors (Lipinski definition) is 2. The van der Waals surface area contributed by atoms with Gasteiger partial charge in [-0.05, 0) is 87.1 Å². The van der Waals surface area contributed by atoms with E-state index in [0.29, 0.717) is 11.7 Å². The number of aromatic nitrogens is 2. The quantitative estimate of drug-likeness (QED) is 0.292. The van der Waals surface area contributed by atoms with Crippen LogP contribution < -0.4 is 10.6 Å². The Balaban J connectivity index is 1.46. The van der Waals surface area contributed by atoms with Gasteiger partial charge in [-0.25, -0.2) is 4.39 Å². The van der Waals surface area contributed by atoms with Crippen molar-refractivity contribution >= 4 is 28.9 Å². The van der Waals surface area contributed by atoms with Gasteiger partial charge in [-0.1, -0.05) is 29.8 Å². The highest BCUT2D eigenvalue weighted by Crippen LogP contribution is 2.41. The minimum Gasteiger partial charge on any atom is -0.352 e. The first kappa shape index (κ1) is 25.6. The van der Waals surface area contributed by atoms with Crippen molar-refractivity contribution in [1.82, 2.24) is 19.8 Å². The summed E-state index contributed by atoms with van der Waals surface area (Å²) in [6, 6.07) is 21.9. The van der Waals surface area contributed by atoms with Crippen LogP contribution in [0.4, 0.5) is 10.1 Å². The van der Waals surface area contributed by atoms with Crippen molar-refractivity contribution in [2.75, 3.05) is 11.9 Å². The molecule has 2 N–H and O–H groups in total. The average Bonchev–Trinajstić information content (AvgIpc) is 3.39. The van der Waals surface area contributed by atoms with Gasteiger partial charge in [-0.2, -0.15) is 0 Å². The van der Waals surface area contributed by atoms with Crippen LogP contribution >= 0.6 is 12.2 Å². The van der Waals surface area contributed by atoms with E-state index < -0.39 is 0 Å². The van der Waals surface area contributed by atoms with Crippen molar-refractivity contribution in [1.29, 1.82) is 0 Å². The zero-order valence-corrected chi connectivity index (χ0v) is 22.4. The Hall–Kier alpha value is -4.04. The number of benzene rings is 2. The van der Waals surface area contributed by atoms with Gasteiger partial charge in [0.05, 0.1) is 17.8 Å². The maximum atomic E-state index is 14.1. The number of nitrogens with zero attached hydrogens (tertiary/aromatic N) is 3. The Morgan fingerprint density at radius 3 is 2.55 bits per heavy atom. The van der Waals surface area contributed by atoms with Crippen molar-refractivity contribution in [2.24, 2.45) is 0 Å². The predicted molar refractivity (Wildman–Crippen MR) is 152 cm³/mol. The normalized spacial score (nSPS) is 16.9. The summed E-state index contributed by atoms with van der Waals surface area (Å²) in [6.07, 6.45) is 2.04. The van der Waals surface area contributed by atoms with Crippen LogP contribution in [0, 0.1) is 26.6 Å². The van der Waals surface area contributed by atoms with Crippen molar-refractivity contribution in [3.63, 3.8) is 0 Å². The van der Waals surface area contributed by atoms with Crippen LogP contribution in [0.25, 0.3) is 5.69 Å². The average molecular weight is 528 g/mol. The maximum Gasteiger partial charge on any atom is 0.226 e. The molecule has 8 heteroatoms. The van der Waals surface area contributed by atoms with E-state index in [2.05, 4.69) is 31.2 Å². The molecule has 1 aliphatic rings. The number of amides is 1. The first-order valence-corrected chi connectivity index (χ1v) is 13.0. The predicted octanol–water partition coefficient (Wildman–Crippen LogP) is 5.94. The number of nitrogens with one attached hydrogen (secondary N) is 2. The van der Waals surface area contributed by atoms with Crippen molar-refractivity contribution in [2.45, 2.75) is 39.3 Å². The summed E-state index contributed by atoms with van der Waals surface area (Å²) in [6.45, 7) is 6.49. The van der Waals surface area contributed by atoms with Crippen LogP contribution in [0.5, 0.6) is 0 Å². The van der Waals surface area contributed by atoms with Gasteiger partial charge >= 0.3 is 0 Å². The Bertz CT molecular complexity index is 1470. The highest BCUT2D eigenvalue weighted by atomic mass is 32.1. The zero-order valence-electron chi connectivity index (χ0n) is 21.6. The van der Waals surface area contributed by atoms with E-state index in [1.807, 2.05) is 69.3 Å². The van der Waals surface area contributed by atoms with Gasteiger partial charge in [-0.3, -0.25) is 9.78 Å². The molecule has 0 bridgehead atoms. The van der Waals surface area contributed by atoms with Gasteiger partial charge < -0.3 is 20.1 Å². The van der Waals surface area contributed by atoms with Gasteiger partial charge in [0.1, 0.15) is 5.82 Å². The molecule has 6 nitrogen and oxygen atoms in total. The molecule has 2 aromatic carbocycles. The molecule has 38 heavy (non-hydrogen) atoms. The molecular formula is C30H30FN5OS. The van der Waals surface area contributed by atoms with Crippen molar-refractivity contribution in [3.05, 3.63) is 113 Å². The smallest absolute Gasteiger partial charge is 0.226 e. The molecule has 0 aliphatic carbocycles. The fraction of sp³-hybridized carbons (Fsp3) is 0.233. The molecular weight excluding hydrogens is 497 g/mol. The Morgan fingerprint density at radius 2 is 1.84 bits per heavy atom. The Morgan fingerprint density at radius 1 is 1.05 bits per heavy atom. The highest BCUT2D eigenvalue weighted by Gasteiger charge is 2.41. The summed E-state index contributed by atoms with van der Waals surface area (Å²) >= 11 is 5.78. The van der Waals surface area contributed by atoms with E-state index in [4.69, 9.17) is 12.2 Å². The van der Waals surface area contributed by atoms with Crippen LogP contribution in [0.2, 0.25) is 0 Å². The number of thiocarbonyl (C=S) groups is 1. The molecule has 1 fully saturated rings. The monoisotopic (exact) mass is 527 g/mol. The summed E-state index contributed by atoms with van der Waals surface area (Å²) in [7, 11) is 0. The number of aryl methyl sites for hydroxylation is 2. The van der Waals surface area contributed by atoms with Crippen LogP contribution in [-0.2, 0) is 4.79 Å². The molecule has 5 rings (SSSR count). The standard InChI is InChI=1S/C30H30FN5OS/c1-19-10-12-23(13-11-19)33-27(37)14-16-35-29(28(34-30(35)38)26-9-4-5-15-32-26)25-17-20(2)36(21(25)3)24-8-6-7-22(31)18-24/h4-13,15,17-18,28-29H,14,16H2,1-3H3,(H,33,37)(H,34,38)/t28-,29+/m0/s1. The number of carbonyl (C=O) groups excluding carboxylic acids is 1. The van der Waals surface area contributed by atoms with Crippen molar-refractivity contribution in [3.8, 4) is 5.69 Å². The maximum absolute atomic E-state index is 14.1. The summed E-state index contributed by atoms with van der Waals surface area (Å²) < 4.78 is 16.1. The number of pyridine rings is 1. The zero-order chi connectivity index (χ0) is 26.8. The Kier molecular flexibility index (Phi) is 7.24. The number of anilines is 1. The topological polar surface area (TPSA) is 62.2 Å². The van der Waals surface area contributed by atoms with Gasteiger partial charge in [0, 0.05) is 41.9 Å². The second kappa shape index (κ2) is 10.8. The minimum atomic E-state index is -0.284. The fourth-order valence-electron chi connectivity index (χ4n) is 5.17. The lowest BCUT2D eigenvalue weighted by molar-refractivity contribution is -0.116. The van der Waals surface area contributed by atoms with Gasteiger partial charge in [0.25, 0.3) is 0 Å². The third kappa shape index (κ3) is 5.17. The molecule has 0 radical (unpaired) electrons. The first-order chi connectivity index (χ1) is 18.3. The minimum absolute atomic E-state index is 0.0816. The first-order valence-electron chi connectivity index (χ1n) is 12.6. The van der Waals surface area contributed by atoms with E-state index >= 15 is 0 Å². The number of hydrogen-bond acceptors (Lipinski definition) is 3. The molecule has 2 atom stereocenters. The molecule has 0 unspecified atom stereocenters. The second-order valence-corrected chi connectivity index (χ2v) is 10.0. The number of rotatable bonds is 7. The molecule has 0 spiro atoms. The summed E-state index contributed by atoms with van der Waals surface area (Å²) in [5, 5.41) is 7.00. The molecule has 0 saturated carbocycles. The van der Waals surface area contributed by atoms with Gasteiger partial charge in [0.2, 0.25) is 5.91 Å². The van der Waals surface area contributed by atoms with Crippen LogP contribution in [0.3, 0.4) is 0 Å². The number of halogens is 1. The highest BCUT2D eigenvalue weighted by molar-refractivity contribution is 7.80. The molecule has 2 aromatic heterocycles. The molecule has 1 saturated heterocycles.